The van der Waals surface area contributed by atoms with Gasteiger partial charge < -0.3 is 0 Å². The summed E-state index contributed by atoms with van der Waals surface area (Å²) in [6, 6.07) is 4.46. The monoisotopic (exact) mass is 351 g/mol. The first kappa shape index (κ1) is 14.8. The molecular weight excluding hydrogens is 341 g/mol. The van der Waals surface area contributed by atoms with Crippen LogP contribution >= 0.6 is 23.2 Å². The summed E-state index contributed by atoms with van der Waals surface area (Å²) in [7, 11) is 0. The van der Waals surface area contributed by atoms with Crippen LogP contribution in [0.3, 0.4) is 0 Å². The molecule has 3 saturated carbocycles. The molecule has 0 unspecified atom stereocenters. The van der Waals surface area contributed by atoms with Crippen LogP contribution in [0.15, 0.2) is 18.2 Å². The molecule has 0 radical (unpaired) electrons. The van der Waals surface area contributed by atoms with Crippen molar-refractivity contribution in [3.63, 3.8) is 0 Å². The lowest BCUT2D eigenvalue weighted by atomic mass is 9.58. The number of imide groups is 1. The lowest BCUT2D eigenvalue weighted by Crippen LogP contribution is -2.51. The quantitative estimate of drug-likeness (QED) is 0.727. The molecule has 0 spiro atoms. The third-order valence-corrected chi connectivity index (χ3v) is 5.48. The Balaban J connectivity index is 1.80. The van der Waals surface area contributed by atoms with Crippen molar-refractivity contribution in [1.29, 1.82) is 0 Å². The van der Waals surface area contributed by atoms with E-state index in [1.54, 1.807) is 0 Å². The van der Waals surface area contributed by atoms with Gasteiger partial charge in [-0.25, -0.2) is 4.90 Å². The predicted molar refractivity (Wildman–Crippen MR) is 82.2 cm³/mol. The van der Waals surface area contributed by atoms with Gasteiger partial charge in [0.1, 0.15) is 11.6 Å². The average molecular weight is 352 g/mol. The number of anilines is 1. The van der Waals surface area contributed by atoms with Crippen LogP contribution in [0.5, 0.6) is 0 Å². The molecule has 118 valence electrons. The first-order valence-electron chi connectivity index (χ1n) is 7.28. The Kier molecular flexibility index (Phi) is 3.15. The van der Waals surface area contributed by atoms with E-state index in [2.05, 4.69) is 0 Å². The van der Waals surface area contributed by atoms with Gasteiger partial charge in [0.2, 0.25) is 11.8 Å². The largest absolute Gasteiger partial charge is 0.299 e. The number of nitrogens with zero attached hydrogens (tertiary/aromatic N) is 1. The van der Waals surface area contributed by atoms with E-state index in [1.165, 1.54) is 18.2 Å². The number of benzene rings is 1. The molecule has 0 aromatic heterocycles. The Morgan fingerprint density at radius 1 is 0.783 bits per heavy atom. The van der Waals surface area contributed by atoms with Gasteiger partial charge >= 0.3 is 0 Å². The van der Waals surface area contributed by atoms with Crippen LogP contribution in [-0.2, 0) is 19.2 Å². The number of hydrogen-bond acceptors (Lipinski definition) is 4. The lowest BCUT2D eigenvalue weighted by molar-refractivity contribution is -0.153. The fraction of sp³-hybridized carbons (Fsp3) is 0.375. The molecule has 4 fully saturated rings. The number of carbonyl (C=O) groups excluding carboxylic acids is 4. The molecule has 1 aromatic carbocycles. The fourth-order valence-electron chi connectivity index (χ4n) is 4.10. The zero-order valence-electron chi connectivity index (χ0n) is 11.8. The van der Waals surface area contributed by atoms with E-state index in [0.29, 0.717) is 10.0 Å². The van der Waals surface area contributed by atoms with E-state index in [9.17, 15) is 19.2 Å². The first-order valence-corrected chi connectivity index (χ1v) is 8.03. The Morgan fingerprint density at radius 3 is 1.65 bits per heavy atom. The first-order chi connectivity index (χ1) is 10.9. The van der Waals surface area contributed by atoms with Crippen molar-refractivity contribution in [2.45, 2.75) is 12.8 Å². The highest BCUT2D eigenvalue weighted by Crippen LogP contribution is 2.51. The number of Topliss-reactive ketones (excluding diaryl/α,β-unsaturated/α-hetero) is 2. The molecule has 5 rings (SSSR count). The smallest absolute Gasteiger partial charge is 0.238 e. The van der Waals surface area contributed by atoms with Crippen LogP contribution in [0.25, 0.3) is 0 Å². The van der Waals surface area contributed by atoms with Crippen molar-refractivity contribution < 1.29 is 19.2 Å². The van der Waals surface area contributed by atoms with E-state index >= 15 is 0 Å². The van der Waals surface area contributed by atoms with Gasteiger partial charge in [-0.3, -0.25) is 19.2 Å². The van der Waals surface area contributed by atoms with E-state index in [1.807, 2.05) is 0 Å². The van der Waals surface area contributed by atoms with Gasteiger partial charge in [-0.2, -0.15) is 0 Å². The van der Waals surface area contributed by atoms with Crippen LogP contribution < -0.4 is 4.90 Å². The third kappa shape index (κ3) is 2.00. The maximum absolute atomic E-state index is 12.8. The summed E-state index contributed by atoms with van der Waals surface area (Å²) < 4.78 is 0. The maximum atomic E-state index is 12.8. The zero-order valence-corrected chi connectivity index (χ0v) is 13.3. The van der Waals surface area contributed by atoms with Crippen molar-refractivity contribution in [3.05, 3.63) is 28.2 Å². The summed E-state index contributed by atoms with van der Waals surface area (Å²) in [5, 5.41) is 0.608. The second-order valence-electron chi connectivity index (χ2n) is 6.24. The highest BCUT2D eigenvalue weighted by Gasteiger charge is 2.63. The lowest BCUT2D eigenvalue weighted by Gasteiger charge is -2.40. The van der Waals surface area contributed by atoms with Crippen LogP contribution in [0.1, 0.15) is 12.8 Å². The van der Waals surface area contributed by atoms with E-state index in [4.69, 9.17) is 23.2 Å². The number of fused-ring (bicyclic) bond motifs is 2. The van der Waals surface area contributed by atoms with Crippen LogP contribution in [0, 0.1) is 23.7 Å². The van der Waals surface area contributed by atoms with Crippen molar-refractivity contribution in [2.75, 3.05) is 4.90 Å². The Bertz CT molecular complexity index is 730. The third-order valence-electron chi connectivity index (χ3n) is 5.04. The highest BCUT2D eigenvalue weighted by molar-refractivity contribution is 6.36. The number of ketones is 2. The van der Waals surface area contributed by atoms with Gasteiger partial charge in [0, 0.05) is 34.7 Å². The highest BCUT2D eigenvalue weighted by atomic mass is 35.5. The summed E-state index contributed by atoms with van der Waals surface area (Å²) in [6.45, 7) is 0. The SMILES string of the molecule is O=C1C[C@H]2C(=O)C[C@@H]1[C@@H]1C(=O)N(c3cc(Cl)cc(Cl)c3)C(=O)[C@@H]12. The van der Waals surface area contributed by atoms with Crippen molar-refractivity contribution in [2.24, 2.45) is 23.7 Å². The fourth-order valence-corrected chi connectivity index (χ4v) is 4.61. The normalized spacial score (nSPS) is 32.7. The summed E-state index contributed by atoms with van der Waals surface area (Å²) in [5.74, 6) is -3.87. The summed E-state index contributed by atoms with van der Waals surface area (Å²) in [5.41, 5.74) is 0.284. The molecular formula is C16H11Cl2NO4. The van der Waals surface area contributed by atoms with Gasteiger partial charge in [-0.1, -0.05) is 23.2 Å². The molecule has 5 nitrogen and oxygen atoms in total. The molecule has 4 atom stereocenters. The number of hydrogen-bond donors (Lipinski definition) is 0. The molecule has 2 bridgehead atoms. The average Bonchev–Trinajstić information content (AvgIpc) is 2.72. The maximum Gasteiger partial charge on any atom is 0.238 e. The number of carbonyl (C=O) groups is 4. The Labute approximate surface area is 141 Å². The Morgan fingerprint density at radius 2 is 1.22 bits per heavy atom. The molecule has 0 N–H and O–H groups in total. The van der Waals surface area contributed by atoms with Gasteiger partial charge in [0.05, 0.1) is 17.5 Å². The van der Waals surface area contributed by atoms with Crippen molar-refractivity contribution >= 4 is 52.3 Å². The molecule has 1 aliphatic heterocycles. The molecule has 1 saturated heterocycles. The van der Waals surface area contributed by atoms with Gasteiger partial charge in [-0.15, -0.1) is 0 Å². The molecule has 1 aromatic rings. The van der Waals surface area contributed by atoms with Crippen LogP contribution in [-0.4, -0.2) is 23.4 Å². The van der Waals surface area contributed by atoms with Crippen LogP contribution in [0.4, 0.5) is 5.69 Å². The molecule has 2 amide bonds. The van der Waals surface area contributed by atoms with E-state index in [-0.39, 0.29) is 30.1 Å². The van der Waals surface area contributed by atoms with Gasteiger partial charge in [0.25, 0.3) is 0 Å². The summed E-state index contributed by atoms with van der Waals surface area (Å²) >= 11 is 11.9. The molecule has 4 aliphatic rings. The zero-order chi connectivity index (χ0) is 16.5. The summed E-state index contributed by atoms with van der Waals surface area (Å²) in [4.78, 5) is 50.7. The number of amides is 2. The predicted octanol–water partition coefficient (Wildman–Crippen LogP) is 2.28. The topological polar surface area (TPSA) is 71.5 Å². The molecule has 3 aliphatic carbocycles. The van der Waals surface area contributed by atoms with Crippen molar-refractivity contribution in [1.82, 2.24) is 0 Å². The van der Waals surface area contributed by atoms with Gasteiger partial charge in [0.15, 0.2) is 0 Å². The van der Waals surface area contributed by atoms with E-state index in [0.717, 1.165) is 4.90 Å². The molecule has 1 heterocycles. The second kappa shape index (κ2) is 4.89. The number of rotatable bonds is 1. The standard InChI is InChI=1S/C16H11Cl2NO4/c17-6-1-7(18)3-8(2-6)19-15(22)13-9-4-11(20)10(5-12(9)21)14(13)16(19)23/h1-3,9-10,13-14H,4-5H2/t9-,10-,13-,14+/m0/s1. The van der Waals surface area contributed by atoms with Crippen LogP contribution in [0.2, 0.25) is 10.0 Å². The number of halogens is 2. The Hall–Kier alpha value is -1.72. The second-order valence-corrected chi connectivity index (χ2v) is 7.12. The van der Waals surface area contributed by atoms with E-state index < -0.39 is 35.5 Å². The summed E-state index contributed by atoms with van der Waals surface area (Å²) in [6.07, 6.45) is 0.127. The van der Waals surface area contributed by atoms with Gasteiger partial charge in [-0.05, 0) is 18.2 Å². The molecule has 23 heavy (non-hydrogen) atoms. The van der Waals surface area contributed by atoms with Crippen molar-refractivity contribution in [3.8, 4) is 0 Å². The molecule has 7 heteroatoms. The minimum absolute atomic E-state index is 0.0633. The minimum Gasteiger partial charge on any atom is -0.299 e. The minimum atomic E-state index is -0.732.